The van der Waals surface area contributed by atoms with Gasteiger partial charge in [-0.15, -0.1) is 0 Å². The van der Waals surface area contributed by atoms with Crippen molar-refractivity contribution in [1.82, 2.24) is 20.3 Å². The van der Waals surface area contributed by atoms with Crippen LogP contribution in [0.1, 0.15) is 38.3 Å². The number of anilines is 2. The highest BCUT2D eigenvalue weighted by Gasteiger charge is 2.22. The minimum absolute atomic E-state index is 0.129. The Labute approximate surface area is 167 Å². The smallest absolute Gasteiger partial charge is 0.220 e. The fourth-order valence-corrected chi connectivity index (χ4v) is 3.61. The van der Waals surface area contributed by atoms with E-state index < -0.39 is 0 Å². The van der Waals surface area contributed by atoms with E-state index in [9.17, 15) is 4.79 Å². The molecule has 7 heteroatoms. The number of carbonyl (C=O) groups excluding carboxylic acids is 1. The summed E-state index contributed by atoms with van der Waals surface area (Å²) >= 11 is 0. The molecule has 2 N–H and O–H groups in total. The van der Waals surface area contributed by atoms with Crippen molar-refractivity contribution in [3.63, 3.8) is 0 Å². The van der Waals surface area contributed by atoms with Gasteiger partial charge in [0.15, 0.2) is 0 Å². The van der Waals surface area contributed by atoms with Gasteiger partial charge in [-0.05, 0) is 44.2 Å². The Morgan fingerprint density at radius 1 is 1.29 bits per heavy atom. The average molecular weight is 383 g/mol. The summed E-state index contributed by atoms with van der Waals surface area (Å²) in [7, 11) is 0. The number of aromatic nitrogens is 3. The molecule has 1 aliphatic rings. The van der Waals surface area contributed by atoms with Crippen molar-refractivity contribution >= 4 is 17.5 Å². The maximum atomic E-state index is 12.2. The van der Waals surface area contributed by atoms with Gasteiger partial charge in [-0.1, -0.05) is 6.07 Å². The Kier molecular flexibility index (Phi) is 7.58. The van der Waals surface area contributed by atoms with Gasteiger partial charge in [-0.2, -0.15) is 0 Å². The number of hydrogen-bond donors (Lipinski definition) is 2. The molecule has 28 heavy (non-hydrogen) atoms. The Morgan fingerprint density at radius 3 is 3.04 bits per heavy atom. The topological polar surface area (TPSA) is 83.0 Å². The first-order chi connectivity index (χ1) is 13.7. The van der Waals surface area contributed by atoms with Gasteiger partial charge in [0.2, 0.25) is 5.91 Å². The van der Waals surface area contributed by atoms with E-state index in [4.69, 9.17) is 0 Å². The van der Waals surface area contributed by atoms with E-state index in [0.717, 1.165) is 56.2 Å². The van der Waals surface area contributed by atoms with Crippen LogP contribution in [0.2, 0.25) is 0 Å². The van der Waals surface area contributed by atoms with Crippen LogP contribution in [0.25, 0.3) is 0 Å². The lowest BCUT2D eigenvalue weighted by molar-refractivity contribution is -0.121. The number of piperidine rings is 1. The number of rotatable bonds is 9. The Hall–Kier alpha value is -2.70. The van der Waals surface area contributed by atoms with Crippen LogP contribution >= 0.6 is 0 Å². The Bertz CT molecular complexity index is 739. The summed E-state index contributed by atoms with van der Waals surface area (Å²) in [6.07, 6.45) is 7.96. The van der Waals surface area contributed by atoms with Crippen LogP contribution in [-0.4, -0.2) is 47.0 Å². The quantitative estimate of drug-likeness (QED) is 0.694. The lowest BCUT2D eigenvalue weighted by Gasteiger charge is -2.33. The molecule has 1 saturated heterocycles. The van der Waals surface area contributed by atoms with E-state index in [1.807, 2.05) is 24.3 Å². The highest BCUT2D eigenvalue weighted by Crippen LogP contribution is 2.25. The highest BCUT2D eigenvalue weighted by molar-refractivity contribution is 5.75. The monoisotopic (exact) mass is 382 g/mol. The van der Waals surface area contributed by atoms with Crippen LogP contribution in [0.3, 0.4) is 0 Å². The second-order valence-electron chi connectivity index (χ2n) is 7.21. The van der Waals surface area contributed by atoms with E-state index in [-0.39, 0.29) is 5.91 Å². The molecule has 2 aromatic rings. The zero-order valence-corrected chi connectivity index (χ0v) is 16.6. The summed E-state index contributed by atoms with van der Waals surface area (Å²) in [6.45, 7) is 5.49. The molecule has 150 valence electrons. The maximum Gasteiger partial charge on any atom is 0.220 e. The highest BCUT2D eigenvalue weighted by atomic mass is 16.1. The van der Waals surface area contributed by atoms with Crippen LogP contribution in [0, 0.1) is 5.92 Å². The lowest BCUT2D eigenvalue weighted by atomic mass is 9.93. The van der Waals surface area contributed by atoms with Crippen molar-refractivity contribution in [2.75, 3.05) is 36.4 Å². The van der Waals surface area contributed by atoms with Crippen molar-refractivity contribution in [2.24, 2.45) is 5.92 Å². The lowest BCUT2D eigenvalue weighted by Crippen LogP contribution is -2.36. The van der Waals surface area contributed by atoms with Crippen LogP contribution in [0.4, 0.5) is 11.6 Å². The van der Waals surface area contributed by atoms with Gasteiger partial charge in [-0.3, -0.25) is 9.78 Å². The number of nitrogens with zero attached hydrogens (tertiary/aromatic N) is 4. The SMILES string of the molecule is CCNc1cc(N2CCC[C@@H](CCC(=O)NCCc3ccccn3)C2)ncn1. The van der Waals surface area contributed by atoms with Crippen molar-refractivity contribution < 1.29 is 4.79 Å². The summed E-state index contributed by atoms with van der Waals surface area (Å²) in [5, 5.41) is 6.25. The van der Waals surface area contributed by atoms with Crippen LogP contribution in [0.15, 0.2) is 36.8 Å². The second kappa shape index (κ2) is 10.6. The molecule has 2 aromatic heterocycles. The zero-order chi connectivity index (χ0) is 19.6. The summed E-state index contributed by atoms with van der Waals surface area (Å²) in [4.78, 5) is 27.4. The summed E-state index contributed by atoms with van der Waals surface area (Å²) in [5.74, 6) is 2.48. The van der Waals surface area contributed by atoms with Gasteiger partial charge >= 0.3 is 0 Å². The summed E-state index contributed by atoms with van der Waals surface area (Å²) in [5.41, 5.74) is 1.01. The maximum absolute atomic E-state index is 12.2. The van der Waals surface area contributed by atoms with E-state index in [2.05, 4.69) is 37.4 Å². The molecule has 0 spiro atoms. The molecule has 1 atom stereocenters. The van der Waals surface area contributed by atoms with Crippen molar-refractivity contribution in [3.05, 3.63) is 42.5 Å². The molecule has 0 saturated carbocycles. The molecule has 0 bridgehead atoms. The number of hydrogen-bond acceptors (Lipinski definition) is 6. The van der Waals surface area contributed by atoms with Crippen LogP contribution in [-0.2, 0) is 11.2 Å². The average Bonchev–Trinajstić information content (AvgIpc) is 2.74. The fraction of sp³-hybridized carbons (Fsp3) is 0.524. The van der Waals surface area contributed by atoms with Crippen molar-refractivity contribution in [1.29, 1.82) is 0 Å². The van der Waals surface area contributed by atoms with E-state index in [1.165, 1.54) is 6.42 Å². The first kappa shape index (κ1) is 20.0. The second-order valence-corrected chi connectivity index (χ2v) is 7.21. The fourth-order valence-electron chi connectivity index (χ4n) is 3.61. The number of amides is 1. The molecular formula is C21H30N6O. The standard InChI is InChI=1S/C21H30N6O/c1-2-22-19-14-20(26-16-25-19)27-13-5-6-17(15-27)8-9-21(28)24-12-10-18-7-3-4-11-23-18/h3-4,7,11,14,16-17H,2,5-6,8-10,12-13,15H2,1H3,(H,24,28)(H,22,25,26)/t17-/m0/s1. The predicted octanol–water partition coefficient (Wildman–Crippen LogP) is 2.66. The van der Waals surface area contributed by atoms with Crippen LogP contribution < -0.4 is 15.5 Å². The zero-order valence-electron chi connectivity index (χ0n) is 16.6. The van der Waals surface area contributed by atoms with Crippen molar-refractivity contribution in [2.45, 2.75) is 39.0 Å². The molecule has 3 heterocycles. The molecule has 0 unspecified atom stereocenters. The molecule has 1 aliphatic heterocycles. The first-order valence-electron chi connectivity index (χ1n) is 10.2. The van der Waals surface area contributed by atoms with E-state index >= 15 is 0 Å². The Morgan fingerprint density at radius 2 is 2.21 bits per heavy atom. The molecule has 7 nitrogen and oxygen atoms in total. The van der Waals surface area contributed by atoms with Gasteiger partial charge in [0.1, 0.15) is 18.0 Å². The summed E-state index contributed by atoms with van der Waals surface area (Å²) in [6, 6.07) is 7.86. The minimum atomic E-state index is 0.129. The van der Waals surface area contributed by atoms with Gasteiger partial charge in [0.05, 0.1) is 0 Å². The normalized spacial score (nSPS) is 16.6. The van der Waals surface area contributed by atoms with Gasteiger partial charge in [-0.25, -0.2) is 9.97 Å². The number of carbonyl (C=O) groups is 1. The van der Waals surface area contributed by atoms with E-state index in [0.29, 0.717) is 18.9 Å². The minimum Gasteiger partial charge on any atom is -0.370 e. The summed E-state index contributed by atoms with van der Waals surface area (Å²) < 4.78 is 0. The van der Waals surface area contributed by atoms with Gasteiger partial charge < -0.3 is 15.5 Å². The van der Waals surface area contributed by atoms with Crippen molar-refractivity contribution in [3.8, 4) is 0 Å². The predicted molar refractivity (Wildman–Crippen MR) is 111 cm³/mol. The number of nitrogens with one attached hydrogen (secondary N) is 2. The molecule has 3 rings (SSSR count). The molecule has 1 fully saturated rings. The first-order valence-corrected chi connectivity index (χ1v) is 10.2. The molecular weight excluding hydrogens is 352 g/mol. The van der Waals surface area contributed by atoms with Crippen LogP contribution in [0.5, 0.6) is 0 Å². The number of pyridine rings is 1. The third-order valence-corrected chi connectivity index (χ3v) is 5.06. The third-order valence-electron chi connectivity index (χ3n) is 5.06. The molecule has 1 amide bonds. The van der Waals surface area contributed by atoms with Gasteiger partial charge in [0.25, 0.3) is 0 Å². The third kappa shape index (κ3) is 6.18. The molecule has 0 aliphatic carbocycles. The van der Waals surface area contributed by atoms with E-state index in [1.54, 1.807) is 12.5 Å². The largest absolute Gasteiger partial charge is 0.370 e. The molecule has 0 aromatic carbocycles. The Balaban J connectivity index is 1.41. The van der Waals surface area contributed by atoms with Gasteiger partial charge in [0, 0.05) is 57.0 Å². The molecule has 0 radical (unpaired) electrons.